The summed E-state index contributed by atoms with van der Waals surface area (Å²) in [6.45, 7) is 3.95. The fourth-order valence-electron chi connectivity index (χ4n) is 2.81. The van der Waals surface area contributed by atoms with Crippen LogP contribution in [-0.2, 0) is 9.59 Å². The quantitative estimate of drug-likeness (QED) is 0.318. The van der Waals surface area contributed by atoms with Crippen LogP contribution in [0.25, 0.3) is 10.1 Å². The van der Waals surface area contributed by atoms with Crippen LogP contribution >= 0.6 is 35.2 Å². The van der Waals surface area contributed by atoms with Gasteiger partial charge in [0.15, 0.2) is 5.11 Å². The van der Waals surface area contributed by atoms with Gasteiger partial charge in [0.25, 0.3) is 5.91 Å². The fraction of sp³-hybridized carbons (Fsp3) is 0.182. The van der Waals surface area contributed by atoms with Crippen LogP contribution in [0.2, 0.25) is 5.02 Å². The molecular formula is C22H21ClN4O3S2. The Kier molecular flexibility index (Phi) is 7.79. The van der Waals surface area contributed by atoms with E-state index in [0.29, 0.717) is 15.6 Å². The van der Waals surface area contributed by atoms with E-state index in [1.165, 1.54) is 11.3 Å². The van der Waals surface area contributed by atoms with Crippen molar-refractivity contribution < 1.29 is 14.4 Å². The van der Waals surface area contributed by atoms with Crippen LogP contribution < -0.4 is 21.5 Å². The molecule has 0 atom stereocenters. The summed E-state index contributed by atoms with van der Waals surface area (Å²) in [6, 6.07) is 13.0. The first-order chi connectivity index (χ1) is 15.2. The first kappa shape index (κ1) is 23.6. The number of carbonyl (C=O) groups is 3. The molecule has 0 saturated carbocycles. The van der Waals surface area contributed by atoms with Gasteiger partial charge in [-0.1, -0.05) is 35.9 Å². The Bertz CT molecular complexity index is 1210. The molecule has 1 aromatic heterocycles. The van der Waals surface area contributed by atoms with Gasteiger partial charge in [-0.25, -0.2) is 0 Å². The van der Waals surface area contributed by atoms with E-state index in [2.05, 4.69) is 21.5 Å². The van der Waals surface area contributed by atoms with Crippen LogP contribution in [0.5, 0.6) is 0 Å². The third kappa shape index (κ3) is 6.03. The maximum Gasteiger partial charge on any atom is 0.269 e. The van der Waals surface area contributed by atoms with Crippen molar-refractivity contribution in [3.8, 4) is 0 Å². The Morgan fingerprint density at radius 1 is 0.969 bits per heavy atom. The first-order valence-electron chi connectivity index (χ1n) is 9.69. The zero-order chi connectivity index (χ0) is 23.3. The van der Waals surface area contributed by atoms with Crippen molar-refractivity contribution in [2.45, 2.75) is 26.7 Å². The molecule has 3 aromatic rings. The molecule has 0 aliphatic carbocycles. The molecule has 7 nitrogen and oxygen atoms in total. The van der Waals surface area contributed by atoms with Gasteiger partial charge in [-0.3, -0.25) is 30.6 Å². The number of hydrazine groups is 1. The number of thiophene rings is 1. The number of nitrogens with one attached hydrogen (secondary N) is 4. The van der Waals surface area contributed by atoms with E-state index < -0.39 is 11.8 Å². The molecule has 0 aliphatic rings. The molecule has 4 N–H and O–H groups in total. The van der Waals surface area contributed by atoms with Crippen LogP contribution in [0.4, 0.5) is 5.69 Å². The highest BCUT2D eigenvalue weighted by atomic mass is 35.5. The molecule has 166 valence electrons. The van der Waals surface area contributed by atoms with Crippen LogP contribution in [0, 0.1) is 13.8 Å². The number of carbonyl (C=O) groups excluding carboxylic acids is 3. The molecule has 0 bridgehead atoms. The Labute approximate surface area is 199 Å². The van der Waals surface area contributed by atoms with Gasteiger partial charge >= 0.3 is 0 Å². The Hall–Kier alpha value is -3.01. The van der Waals surface area contributed by atoms with Crippen molar-refractivity contribution in [1.29, 1.82) is 0 Å². The Balaban J connectivity index is 1.42. The minimum atomic E-state index is -0.476. The molecule has 0 saturated heterocycles. The van der Waals surface area contributed by atoms with Crippen molar-refractivity contribution in [3.05, 3.63) is 63.5 Å². The number of anilines is 1. The molecule has 0 aliphatic heterocycles. The van der Waals surface area contributed by atoms with Crippen molar-refractivity contribution in [2.75, 3.05) is 5.32 Å². The number of halogens is 1. The van der Waals surface area contributed by atoms with Gasteiger partial charge in [-0.05, 0) is 55.4 Å². The van der Waals surface area contributed by atoms with Gasteiger partial charge in [-0.2, -0.15) is 0 Å². The lowest BCUT2D eigenvalue weighted by molar-refractivity contribution is -0.124. The van der Waals surface area contributed by atoms with E-state index >= 15 is 0 Å². The zero-order valence-electron chi connectivity index (χ0n) is 17.4. The minimum absolute atomic E-state index is 0.00302. The number of fused-ring (bicyclic) bond motifs is 1. The highest BCUT2D eigenvalue weighted by Gasteiger charge is 2.18. The number of aryl methyl sites for hydroxylation is 2. The molecule has 0 unspecified atom stereocenters. The largest absolute Gasteiger partial charge is 0.326 e. The van der Waals surface area contributed by atoms with E-state index in [1.54, 1.807) is 0 Å². The maximum absolute atomic E-state index is 12.4. The molecule has 3 amide bonds. The monoisotopic (exact) mass is 488 g/mol. The lowest BCUT2D eigenvalue weighted by Crippen LogP contribution is -2.48. The normalized spacial score (nSPS) is 10.5. The highest BCUT2D eigenvalue weighted by Crippen LogP contribution is 2.34. The third-order valence-electron chi connectivity index (χ3n) is 4.65. The lowest BCUT2D eigenvalue weighted by atomic mass is 10.1. The van der Waals surface area contributed by atoms with Crippen molar-refractivity contribution in [3.63, 3.8) is 0 Å². The van der Waals surface area contributed by atoms with E-state index in [4.69, 9.17) is 23.8 Å². The molecule has 3 rings (SSSR count). The summed E-state index contributed by atoms with van der Waals surface area (Å²) in [4.78, 5) is 36.8. The SMILES string of the molecule is Cc1ccc(NC(=O)CCC(=O)NNC(=S)NC(=O)c2sc3ccccc3c2Cl)cc1C. The Morgan fingerprint density at radius 2 is 1.69 bits per heavy atom. The predicted molar refractivity (Wildman–Crippen MR) is 132 cm³/mol. The molecule has 0 spiro atoms. The van der Waals surface area contributed by atoms with Gasteiger partial charge in [0.2, 0.25) is 11.8 Å². The summed E-state index contributed by atoms with van der Waals surface area (Å²) >= 11 is 12.6. The van der Waals surface area contributed by atoms with Crippen LogP contribution in [0.3, 0.4) is 0 Å². The second kappa shape index (κ2) is 10.5. The average molecular weight is 489 g/mol. The van der Waals surface area contributed by atoms with Crippen molar-refractivity contribution in [1.82, 2.24) is 16.2 Å². The minimum Gasteiger partial charge on any atom is -0.326 e. The van der Waals surface area contributed by atoms with Gasteiger partial charge in [-0.15, -0.1) is 11.3 Å². The van der Waals surface area contributed by atoms with Crippen molar-refractivity contribution in [2.24, 2.45) is 0 Å². The average Bonchev–Trinajstić information content (AvgIpc) is 3.10. The van der Waals surface area contributed by atoms with Crippen LogP contribution in [0.15, 0.2) is 42.5 Å². The fourth-order valence-corrected chi connectivity index (χ4v) is 4.37. The first-order valence-corrected chi connectivity index (χ1v) is 11.3. The van der Waals surface area contributed by atoms with Gasteiger partial charge in [0, 0.05) is 28.6 Å². The zero-order valence-corrected chi connectivity index (χ0v) is 19.8. The molecule has 2 aromatic carbocycles. The number of hydrogen-bond donors (Lipinski definition) is 4. The van der Waals surface area contributed by atoms with E-state index in [9.17, 15) is 14.4 Å². The molecule has 10 heteroatoms. The lowest BCUT2D eigenvalue weighted by Gasteiger charge is -2.11. The Morgan fingerprint density at radius 3 is 2.41 bits per heavy atom. The van der Waals surface area contributed by atoms with Gasteiger partial charge < -0.3 is 5.32 Å². The van der Waals surface area contributed by atoms with Gasteiger partial charge in [0.1, 0.15) is 4.88 Å². The summed E-state index contributed by atoms with van der Waals surface area (Å²) < 4.78 is 0.883. The van der Waals surface area contributed by atoms with E-state index in [0.717, 1.165) is 21.2 Å². The number of hydrogen-bond acceptors (Lipinski definition) is 5. The van der Waals surface area contributed by atoms with Crippen LogP contribution in [0.1, 0.15) is 33.6 Å². The second-order valence-corrected chi connectivity index (χ2v) is 8.88. The molecule has 32 heavy (non-hydrogen) atoms. The summed E-state index contributed by atoms with van der Waals surface area (Å²) in [6.07, 6.45) is -0.0562. The number of benzene rings is 2. The molecule has 0 radical (unpaired) electrons. The number of thiocarbonyl (C=S) groups is 1. The summed E-state index contributed by atoms with van der Waals surface area (Å²) in [5.41, 5.74) is 7.69. The van der Waals surface area contributed by atoms with Crippen LogP contribution in [-0.4, -0.2) is 22.8 Å². The predicted octanol–water partition coefficient (Wildman–Crippen LogP) is 4.23. The highest BCUT2D eigenvalue weighted by molar-refractivity contribution is 7.80. The van der Waals surface area contributed by atoms with Gasteiger partial charge in [0.05, 0.1) is 5.02 Å². The van der Waals surface area contributed by atoms with E-state index in [-0.39, 0.29) is 23.9 Å². The molecule has 1 heterocycles. The third-order valence-corrected chi connectivity index (χ3v) is 6.53. The van der Waals surface area contributed by atoms with Crippen molar-refractivity contribution >= 4 is 73.8 Å². The number of rotatable bonds is 5. The van der Waals surface area contributed by atoms with E-state index in [1.807, 2.05) is 56.3 Å². The number of amides is 3. The summed E-state index contributed by atoms with van der Waals surface area (Å²) in [5, 5.41) is 6.28. The smallest absolute Gasteiger partial charge is 0.269 e. The molecule has 0 fully saturated rings. The maximum atomic E-state index is 12.4. The summed E-state index contributed by atoms with van der Waals surface area (Å²) in [5.74, 6) is -1.20. The topological polar surface area (TPSA) is 99.3 Å². The molecular weight excluding hydrogens is 468 g/mol. The summed E-state index contributed by atoms with van der Waals surface area (Å²) in [7, 11) is 0. The second-order valence-electron chi connectivity index (χ2n) is 7.04. The standard InChI is InChI=1S/C22H21ClN4O3S2/c1-12-7-8-14(11-13(12)2)24-17(28)9-10-18(29)26-27-22(31)25-21(30)20-19(23)15-5-3-4-6-16(15)32-20/h3-8,11H,9-10H2,1-2H3,(H,24,28)(H,26,29)(H2,25,27,30,31).